The van der Waals surface area contributed by atoms with E-state index in [1.807, 2.05) is 13.0 Å². The van der Waals surface area contributed by atoms with Crippen LogP contribution in [0.4, 0.5) is 5.82 Å². The molecule has 0 atom stereocenters. The predicted octanol–water partition coefficient (Wildman–Crippen LogP) is -0.104. The number of nitrogens with zero attached hydrogens (tertiary/aromatic N) is 5. The minimum Gasteiger partial charge on any atom is -0.354 e. The zero-order chi connectivity index (χ0) is 15.9. The molecule has 0 aromatic carbocycles. The monoisotopic (exact) mass is 325 g/mol. The van der Waals surface area contributed by atoms with Crippen LogP contribution in [0, 0.1) is 6.92 Å². The summed E-state index contributed by atoms with van der Waals surface area (Å²) in [6.07, 6.45) is 1.25. The maximum atomic E-state index is 11.5. The van der Waals surface area contributed by atoms with Gasteiger partial charge in [-0.05, 0) is 14.0 Å². The Labute approximate surface area is 132 Å². The molecule has 0 bridgehead atoms. The van der Waals surface area contributed by atoms with Crippen molar-refractivity contribution >= 4 is 15.8 Å². The molecule has 0 unspecified atom stereocenters. The Morgan fingerprint density at radius 2 is 1.77 bits per heavy atom. The van der Waals surface area contributed by atoms with Crippen LogP contribution in [0.15, 0.2) is 6.07 Å². The highest BCUT2D eigenvalue weighted by Crippen LogP contribution is 2.28. The fraction of sp³-hybridized carbons (Fsp3) is 0.714. The molecule has 1 aromatic heterocycles. The van der Waals surface area contributed by atoms with Gasteiger partial charge in [0.05, 0.1) is 6.26 Å². The molecule has 2 aliphatic heterocycles. The molecular weight excluding hydrogens is 302 g/mol. The van der Waals surface area contributed by atoms with E-state index < -0.39 is 10.0 Å². The van der Waals surface area contributed by atoms with Gasteiger partial charge in [-0.25, -0.2) is 22.7 Å². The van der Waals surface area contributed by atoms with Gasteiger partial charge < -0.3 is 9.80 Å². The summed E-state index contributed by atoms with van der Waals surface area (Å²) < 4.78 is 24.4. The zero-order valence-electron chi connectivity index (χ0n) is 13.4. The van der Waals surface area contributed by atoms with Crippen LogP contribution in [0.5, 0.6) is 0 Å². The number of likely N-dealkylation sites (N-methyl/N-ethyl adjacent to an activating group) is 1. The molecule has 0 aliphatic carbocycles. The summed E-state index contributed by atoms with van der Waals surface area (Å²) >= 11 is 0. The maximum absolute atomic E-state index is 11.5. The first-order chi connectivity index (χ1) is 10.3. The van der Waals surface area contributed by atoms with Gasteiger partial charge in [-0.1, -0.05) is 0 Å². The molecule has 0 N–H and O–H groups in total. The van der Waals surface area contributed by atoms with Gasteiger partial charge >= 0.3 is 0 Å². The lowest BCUT2D eigenvalue weighted by atomic mass is 10.0. The third-order valence-corrected chi connectivity index (χ3v) is 5.60. The van der Waals surface area contributed by atoms with E-state index in [9.17, 15) is 8.42 Å². The first kappa shape index (κ1) is 15.6. The lowest BCUT2D eigenvalue weighted by molar-refractivity contribution is 0.257. The summed E-state index contributed by atoms with van der Waals surface area (Å²) in [6.45, 7) is 6.94. The smallest absolute Gasteiger partial charge is 0.211 e. The van der Waals surface area contributed by atoms with Crippen molar-refractivity contribution in [2.75, 3.05) is 57.5 Å². The van der Waals surface area contributed by atoms with Crippen molar-refractivity contribution in [2.45, 2.75) is 12.8 Å². The second-order valence-electron chi connectivity index (χ2n) is 6.29. The Morgan fingerprint density at radius 3 is 2.36 bits per heavy atom. The number of sulfonamides is 1. The van der Waals surface area contributed by atoms with E-state index in [0.717, 1.165) is 43.5 Å². The number of rotatable bonds is 3. The largest absolute Gasteiger partial charge is 0.354 e. The number of piperazine rings is 1. The lowest BCUT2D eigenvalue weighted by Gasteiger charge is -2.37. The Hall–Kier alpha value is -1.25. The van der Waals surface area contributed by atoms with E-state index in [-0.39, 0.29) is 5.92 Å². The molecule has 7 nitrogen and oxygen atoms in total. The number of anilines is 1. The minimum atomic E-state index is -3.09. The Bertz CT molecular complexity index is 649. The van der Waals surface area contributed by atoms with Crippen molar-refractivity contribution in [1.29, 1.82) is 0 Å². The normalized spacial score (nSPS) is 21.9. The van der Waals surface area contributed by atoms with Gasteiger partial charge in [0.2, 0.25) is 10.0 Å². The van der Waals surface area contributed by atoms with Gasteiger partial charge in [-0.15, -0.1) is 0 Å². The quantitative estimate of drug-likeness (QED) is 0.773. The standard InChI is InChI=1S/C14H23N5O2S/c1-11-8-13(18-6-4-17(2)5-7-18)16-14(15-11)12-9-19(10-12)22(3,20)21/h8,12H,4-7,9-10H2,1-3H3. The summed E-state index contributed by atoms with van der Waals surface area (Å²) in [5.41, 5.74) is 0.941. The molecule has 0 spiro atoms. The fourth-order valence-corrected chi connectivity index (χ4v) is 3.73. The van der Waals surface area contributed by atoms with E-state index in [1.165, 1.54) is 10.6 Å². The second kappa shape index (κ2) is 5.75. The van der Waals surface area contributed by atoms with E-state index in [4.69, 9.17) is 4.98 Å². The van der Waals surface area contributed by atoms with Crippen molar-refractivity contribution in [3.63, 3.8) is 0 Å². The van der Waals surface area contributed by atoms with Crippen molar-refractivity contribution in [2.24, 2.45) is 0 Å². The van der Waals surface area contributed by atoms with Crippen LogP contribution in [0.25, 0.3) is 0 Å². The van der Waals surface area contributed by atoms with Crippen LogP contribution in [0.3, 0.4) is 0 Å². The summed E-state index contributed by atoms with van der Waals surface area (Å²) in [4.78, 5) is 13.8. The third kappa shape index (κ3) is 3.23. The van der Waals surface area contributed by atoms with Crippen LogP contribution in [0.1, 0.15) is 17.4 Å². The van der Waals surface area contributed by atoms with Crippen molar-refractivity contribution in [3.8, 4) is 0 Å². The van der Waals surface area contributed by atoms with Crippen LogP contribution >= 0.6 is 0 Å². The molecule has 2 fully saturated rings. The number of aromatic nitrogens is 2. The van der Waals surface area contributed by atoms with E-state index in [0.29, 0.717) is 13.1 Å². The van der Waals surface area contributed by atoms with Crippen LogP contribution < -0.4 is 4.90 Å². The van der Waals surface area contributed by atoms with Crippen molar-refractivity contribution in [3.05, 3.63) is 17.6 Å². The molecule has 1 aromatic rings. The minimum absolute atomic E-state index is 0.112. The van der Waals surface area contributed by atoms with Crippen LogP contribution in [-0.2, 0) is 10.0 Å². The number of hydrogen-bond donors (Lipinski definition) is 0. The molecule has 3 rings (SSSR count). The molecule has 0 saturated carbocycles. The molecule has 3 heterocycles. The Kier molecular flexibility index (Phi) is 4.09. The Balaban J connectivity index is 1.74. The summed E-state index contributed by atoms with van der Waals surface area (Å²) in [7, 11) is -0.965. The topological polar surface area (TPSA) is 69.6 Å². The first-order valence-electron chi connectivity index (χ1n) is 7.57. The van der Waals surface area contributed by atoms with Gasteiger partial charge in [0.25, 0.3) is 0 Å². The SMILES string of the molecule is Cc1cc(N2CCN(C)CC2)nc(C2CN(S(C)(=O)=O)C2)n1. The van der Waals surface area contributed by atoms with Gasteiger partial charge in [0, 0.05) is 56.9 Å². The number of aryl methyl sites for hydroxylation is 1. The van der Waals surface area contributed by atoms with Crippen LogP contribution in [0.2, 0.25) is 0 Å². The number of hydrogen-bond acceptors (Lipinski definition) is 6. The molecule has 0 radical (unpaired) electrons. The van der Waals surface area contributed by atoms with E-state index >= 15 is 0 Å². The molecular formula is C14H23N5O2S. The summed E-state index contributed by atoms with van der Waals surface area (Å²) in [6, 6.07) is 2.02. The second-order valence-corrected chi connectivity index (χ2v) is 8.28. The fourth-order valence-electron chi connectivity index (χ4n) is 2.83. The summed E-state index contributed by atoms with van der Waals surface area (Å²) in [5.74, 6) is 1.85. The highest BCUT2D eigenvalue weighted by atomic mass is 32.2. The highest BCUT2D eigenvalue weighted by molar-refractivity contribution is 7.88. The first-order valence-corrected chi connectivity index (χ1v) is 9.42. The van der Waals surface area contributed by atoms with E-state index in [1.54, 1.807) is 0 Å². The van der Waals surface area contributed by atoms with Crippen molar-refractivity contribution < 1.29 is 8.42 Å². The van der Waals surface area contributed by atoms with Gasteiger partial charge in [0.1, 0.15) is 11.6 Å². The average Bonchev–Trinajstić information content (AvgIpc) is 2.35. The lowest BCUT2D eigenvalue weighted by Crippen LogP contribution is -2.48. The third-order valence-electron chi connectivity index (χ3n) is 4.37. The predicted molar refractivity (Wildman–Crippen MR) is 85.6 cm³/mol. The van der Waals surface area contributed by atoms with Crippen molar-refractivity contribution in [1.82, 2.24) is 19.2 Å². The van der Waals surface area contributed by atoms with Gasteiger partial charge in [-0.2, -0.15) is 0 Å². The molecule has 0 amide bonds. The maximum Gasteiger partial charge on any atom is 0.211 e. The van der Waals surface area contributed by atoms with Gasteiger partial charge in [-0.3, -0.25) is 0 Å². The zero-order valence-corrected chi connectivity index (χ0v) is 14.2. The molecule has 8 heteroatoms. The Morgan fingerprint density at radius 1 is 1.14 bits per heavy atom. The van der Waals surface area contributed by atoms with E-state index in [2.05, 4.69) is 21.8 Å². The highest BCUT2D eigenvalue weighted by Gasteiger charge is 2.36. The van der Waals surface area contributed by atoms with Crippen LogP contribution in [-0.4, -0.2) is 80.2 Å². The summed E-state index contributed by atoms with van der Waals surface area (Å²) in [5, 5.41) is 0. The molecule has 2 aliphatic rings. The molecule has 2 saturated heterocycles. The van der Waals surface area contributed by atoms with Gasteiger partial charge in [0.15, 0.2) is 0 Å². The molecule has 22 heavy (non-hydrogen) atoms. The average molecular weight is 325 g/mol. The molecule has 122 valence electrons.